The number of rotatable bonds is 5. The summed E-state index contributed by atoms with van der Waals surface area (Å²) in [5.74, 6) is -0.432. The minimum atomic E-state index is -0.564. The summed E-state index contributed by atoms with van der Waals surface area (Å²) < 4.78 is 5.42. The zero-order valence-electron chi connectivity index (χ0n) is 17.1. The maximum absolute atomic E-state index is 12.9. The van der Waals surface area contributed by atoms with Crippen LogP contribution in [0, 0.1) is 0 Å². The number of amides is 1. The number of aromatic amines is 1. The molecule has 0 saturated carbocycles. The first-order valence-corrected chi connectivity index (χ1v) is 9.97. The van der Waals surface area contributed by atoms with Gasteiger partial charge in [-0.15, -0.1) is 0 Å². The molecule has 0 aliphatic carbocycles. The molecule has 0 radical (unpaired) electrons. The molecule has 4 aromatic heterocycles. The van der Waals surface area contributed by atoms with Crippen molar-refractivity contribution in [2.24, 2.45) is 0 Å². The predicted octanol–water partition coefficient (Wildman–Crippen LogP) is 2.55. The lowest BCUT2D eigenvalue weighted by molar-refractivity contribution is 0.0946. The van der Waals surface area contributed by atoms with E-state index in [0.717, 1.165) is 10.9 Å². The minimum absolute atomic E-state index is 0.00853. The Balaban J connectivity index is 1.57. The molecule has 0 atom stereocenters. The number of fused-ring (bicyclic) bond motifs is 1. The van der Waals surface area contributed by atoms with Gasteiger partial charge in [0.1, 0.15) is 12.0 Å². The number of nitrogen functional groups attached to an aromatic ring is 1. The molecule has 10 heteroatoms. The van der Waals surface area contributed by atoms with Gasteiger partial charge in [0.25, 0.3) is 11.5 Å². The highest BCUT2D eigenvalue weighted by Gasteiger charge is 2.22. The zero-order valence-corrected chi connectivity index (χ0v) is 17.1. The molecule has 10 nitrogen and oxygen atoms in total. The third kappa shape index (κ3) is 3.92. The van der Waals surface area contributed by atoms with Crippen molar-refractivity contribution in [3.63, 3.8) is 0 Å². The molecule has 0 fully saturated rings. The highest BCUT2D eigenvalue weighted by atomic mass is 16.3. The molecular weight excluding hydrogens is 422 g/mol. The Morgan fingerprint density at radius 1 is 1.06 bits per heavy atom. The van der Waals surface area contributed by atoms with Gasteiger partial charge in [0.15, 0.2) is 17.2 Å². The van der Waals surface area contributed by atoms with Crippen LogP contribution < -0.4 is 16.6 Å². The molecule has 0 bridgehead atoms. The van der Waals surface area contributed by atoms with E-state index < -0.39 is 5.91 Å². The maximum Gasteiger partial charge on any atom is 0.274 e. The van der Waals surface area contributed by atoms with Gasteiger partial charge in [-0.2, -0.15) is 0 Å². The molecule has 0 saturated heterocycles. The van der Waals surface area contributed by atoms with Crippen molar-refractivity contribution in [3.8, 4) is 22.8 Å². The number of nitrogens with two attached hydrogens (primary N) is 1. The predicted molar refractivity (Wildman–Crippen MR) is 121 cm³/mol. The molecule has 33 heavy (non-hydrogen) atoms. The fraction of sp³-hybridized carbons (Fsp3) is 0.0435. The molecule has 0 unspecified atom stereocenters. The van der Waals surface area contributed by atoms with Crippen molar-refractivity contribution in [1.82, 2.24) is 30.2 Å². The Morgan fingerprint density at radius 3 is 2.79 bits per heavy atom. The second-order valence-corrected chi connectivity index (χ2v) is 7.11. The van der Waals surface area contributed by atoms with Crippen molar-refractivity contribution >= 4 is 22.6 Å². The number of anilines is 1. The molecule has 0 spiro atoms. The van der Waals surface area contributed by atoms with Crippen LogP contribution in [0.15, 0.2) is 76.5 Å². The standard InChI is InChI=1S/C23H17N7O3/c24-20-19(22(32)28-12-15-4-2-8-26-21(15)31)29-17(18(30-20)23-27-9-10-33-23)14-5-6-16-13(11-14)3-1-7-25-16/h1-11H,12H2,(H2,24,30)(H,26,31)(H,28,32). The number of H-pyrrole nitrogens is 1. The van der Waals surface area contributed by atoms with Crippen LogP contribution >= 0.6 is 0 Å². The Hall–Kier alpha value is -4.86. The zero-order chi connectivity index (χ0) is 22.8. The lowest BCUT2D eigenvalue weighted by Crippen LogP contribution is -2.28. The molecule has 4 N–H and O–H groups in total. The van der Waals surface area contributed by atoms with Gasteiger partial charge in [-0.25, -0.2) is 15.0 Å². The summed E-state index contributed by atoms with van der Waals surface area (Å²) >= 11 is 0. The number of nitrogens with one attached hydrogen (secondary N) is 2. The first-order chi connectivity index (χ1) is 16.1. The number of benzene rings is 1. The first-order valence-electron chi connectivity index (χ1n) is 9.97. The number of oxazole rings is 1. The lowest BCUT2D eigenvalue weighted by atomic mass is 10.1. The van der Waals surface area contributed by atoms with Crippen molar-refractivity contribution in [2.75, 3.05) is 5.73 Å². The third-order valence-corrected chi connectivity index (χ3v) is 4.99. The third-order valence-electron chi connectivity index (χ3n) is 4.99. The van der Waals surface area contributed by atoms with Gasteiger partial charge in [-0.3, -0.25) is 14.6 Å². The Kier molecular flexibility index (Phi) is 5.07. The topological polar surface area (TPSA) is 153 Å². The number of pyridine rings is 2. The van der Waals surface area contributed by atoms with Crippen molar-refractivity contribution < 1.29 is 9.21 Å². The van der Waals surface area contributed by atoms with Crippen molar-refractivity contribution in [2.45, 2.75) is 6.54 Å². The number of hydrogen-bond acceptors (Lipinski definition) is 8. The molecule has 1 aromatic carbocycles. The molecule has 5 rings (SSSR count). The van der Waals surface area contributed by atoms with Crippen LogP contribution in [0.25, 0.3) is 33.7 Å². The monoisotopic (exact) mass is 439 g/mol. The van der Waals surface area contributed by atoms with E-state index in [1.165, 1.54) is 18.7 Å². The summed E-state index contributed by atoms with van der Waals surface area (Å²) in [6.07, 6.45) is 6.13. The Bertz CT molecular complexity index is 1530. The molecule has 1 amide bonds. The number of carbonyl (C=O) groups excluding carboxylic acids is 1. The van der Waals surface area contributed by atoms with Crippen LogP contribution in [0.4, 0.5) is 5.82 Å². The smallest absolute Gasteiger partial charge is 0.274 e. The summed E-state index contributed by atoms with van der Waals surface area (Å²) in [5.41, 5.74) is 8.30. The largest absolute Gasteiger partial charge is 0.443 e. The Morgan fingerprint density at radius 2 is 1.97 bits per heavy atom. The van der Waals surface area contributed by atoms with E-state index in [1.807, 2.05) is 30.3 Å². The van der Waals surface area contributed by atoms with Gasteiger partial charge in [-0.05, 0) is 24.3 Å². The van der Waals surface area contributed by atoms with E-state index in [9.17, 15) is 9.59 Å². The van der Waals surface area contributed by atoms with Gasteiger partial charge in [0, 0.05) is 35.5 Å². The van der Waals surface area contributed by atoms with Crippen LogP contribution in [0.3, 0.4) is 0 Å². The van der Waals surface area contributed by atoms with Crippen LogP contribution in [0.2, 0.25) is 0 Å². The fourth-order valence-corrected chi connectivity index (χ4v) is 3.38. The van der Waals surface area contributed by atoms with E-state index in [1.54, 1.807) is 18.3 Å². The SMILES string of the molecule is Nc1nc(-c2ncco2)c(-c2ccc3ncccc3c2)nc1C(=O)NCc1ccc[nH]c1=O. The summed E-state index contributed by atoms with van der Waals surface area (Å²) in [6.45, 7) is 0.00853. The average molecular weight is 439 g/mol. The quantitative estimate of drug-likeness (QED) is 0.378. The summed E-state index contributed by atoms with van der Waals surface area (Å²) in [7, 11) is 0. The molecule has 162 valence electrons. The van der Waals surface area contributed by atoms with E-state index in [0.29, 0.717) is 22.5 Å². The van der Waals surface area contributed by atoms with Crippen LogP contribution in [-0.2, 0) is 6.54 Å². The molecule has 0 aliphatic heterocycles. The van der Waals surface area contributed by atoms with Gasteiger partial charge < -0.3 is 20.5 Å². The molecule has 5 aromatic rings. The maximum atomic E-state index is 12.9. The van der Waals surface area contributed by atoms with Crippen molar-refractivity contribution in [1.29, 1.82) is 0 Å². The first kappa shape index (κ1) is 20.1. The average Bonchev–Trinajstić information content (AvgIpc) is 3.38. The normalized spacial score (nSPS) is 10.9. The second kappa shape index (κ2) is 8.35. The van der Waals surface area contributed by atoms with Crippen molar-refractivity contribution in [3.05, 3.63) is 88.9 Å². The van der Waals surface area contributed by atoms with E-state index in [2.05, 4.69) is 30.2 Å². The van der Waals surface area contributed by atoms with E-state index in [4.69, 9.17) is 10.2 Å². The van der Waals surface area contributed by atoms with E-state index >= 15 is 0 Å². The molecule has 0 aliphatic rings. The molecular formula is C23H17N7O3. The molecule has 4 heterocycles. The number of nitrogens with zero attached hydrogens (tertiary/aromatic N) is 4. The number of carbonyl (C=O) groups is 1. The number of aromatic nitrogens is 5. The lowest BCUT2D eigenvalue weighted by Gasteiger charge is -2.12. The summed E-state index contributed by atoms with van der Waals surface area (Å²) in [5, 5.41) is 3.56. The van der Waals surface area contributed by atoms with Crippen LogP contribution in [0.5, 0.6) is 0 Å². The van der Waals surface area contributed by atoms with Gasteiger partial charge in [-0.1, -0.05) is 18.2 Å². The highest BCUT2D eigenvalue weighted by Crippen LogP contribution is 2.31. The number of hydrogen-bond donors (Lipinski definition) is 3. The van der Waals surface area contributed by atoms with Gasteiger partial charge in [0.05, 0.1) is 11.7 Å². The summed E-state index contributed by atoms with van der Waals surface area (Å²) in [4.78, 5) is 44.7. The summed E-state index contributed by atoms with van der Waals surface area (Å²) in [6, 6.07) is 12.6. The van der Waals surface area contributed by atoms with Gasteiger partial charge in [0.2, 0.25) is 5.89 Å². The van der Waals surface area contributed by atoms with Crippen LogP contribution in [0.1, 0.15) is 16.1 Å². The van der Waals surface area contributed by atoms with Gasteiger partial charge >= 0.3 is 0 Å². The Labute approximate surface area is 186 Å². The highest BCUT2D eigenvalue weighted by molar-refractivity contribution is 5.98. The fourth-order valence-electron chi connectivity index (χ4n) is 3.38. The second-order valence-electron chi connectivity index (χ2n) is 7.11. The van der Waals surface area contributed by atoms with Crippen LogP contribution in [-0.4, -0.2) is 30.8 Å². The van der Waals surface area contributed by atoms with E-state index in [-0.39, 0.29) is 29.5 Å². The minimum Gasteiger partial charge on any atom is -0.443 e.